The summed E-state index contributed by atoms with van der Waals surface area (Å²) in [6.45, 7) is 5.30. The van der Waals surface area contributed by atoms with Crippen molar-refractivity contribution in [2.24, 2.45) is 5.92 Å². The highest BCUT2D eigenvalue weighted by Gasteiger charge is 2.62. The Hall–Kier alpha value is -4.59. The minimum Gasteiger partial charge on any atom is -0.472 e. The first-order chi connectivity index (χ1) is 23.5. The van der Waals surface area contributed by atoms with Crippen molar-refractivity contribution in [1.82, 2.24) is 30.5 Å². The summed E-state index contributed by atoms with van der Waals surface area (Å²) >= 11 is 1.44. The minimum absolute atomic E-state index is 0.0481. The molecule has 1 saturated heterocycles. The van der Waals surface area contributed by atoms with E-state index in [1.807, 2.05) is 35.7 Å². The third kappa shape index (κ3) is 7.69. The van der Waals surface area contributed by atoms with Gasteiger partial charge in [-0.1, -0.05) is 31.1 Å². The molecule has 5 atom stereocenters. The molecule has 0 radical (unpaired) electrons. The maximum Gasteiger partial charge on any atom is 0.408 e. The summed E-state index contributed by atoms with van der Waals surface area (Å²) in [5.74, 6) is -0.968. The number of carbonyl (C=O) groups is 4. The molecule has 3 aliphatic rings. The van der Waals surface area contributed by atoms with Crippen LogP contribution in [-0.4, -0.2) is 86.7 Å². The van der Waals surface area contributed by atoms with Gasteiger partial charge in [-0.3, -0.25) is 14.6 Å². The molecule has 2 fully saturated rings. The molecule has 3 amide bonds. The Morgan fingerprint density at radius 2 is 1.96 bits per heavy atom. The highest BCUT2D eigenvalue weighted by atomic mass is 32.1. The Bertz CT molecular complexity index is 1740. The maximum atomic E-state index is 14.4. The second kappa shape index (κ2) is 14.1. The smallest absolute Gasteiger partial charge is 0.408 e. The molecule has 260 valence electrons. The van der Waals surface area contributed by atoms with Crippen LogP contribution in [0.25, 0.3) is 21.7 Å². The number of nitrogens with zero attached hydrogens (tertiary/aromatic N) is 4. The van der Waals surface area contributed by atoms with Crippen LogP contribution in [0.15, 0.2) is 48.0 Å². The second-order valence-corrected chi connectivity index (χ2v) is 14.6. The van der Waals surface area contributed by atoms with E-state index in [9.17, 15) is 19.2 Å². The molecule has 2 N–H and O–H groups in total. The summed E-state index contributed by atoms with van der Waals surface area (Å²) in [4.78, 5) is 70.3. The van der Waals surface area contributed by atoms with Gasteiger partial charge in [0.25, 0.3) is 0 Å². The molecular weight excluding hydrogens is 648 g/mol. The van der Waals surface area contributed by atoms with Gasteiger partial charge in [-0.15, -0.1) is 11.3 Å². The van der Waals surface area contributed by atoms with Crippen LogP contribution in [0.1, 0.15) is 65.7 Å². The van der Waals surface area contributed by atoms with Gasteiger partial charge in [0.05, 0.1) is 19.0 Å². The quantitative estimate of drug-likeness (QED) is 0.287. The van der Waals surface area contributed by atoms with E-state index in [4.69, 9.17) is 19.2 Å². The number of hydrogen-bond acceptors (Lipinski definition) is 11. The lowest BCUT2D eigenvalue weighted by molar-refractivity contribution is -0.148. The van der Waals surface area contributed by atoms with Gasteiger partial charge in [0.15, 0.2) is 5.82 Å². The normalized spacial score (nSPS) is 26.7. The van der Waals surface area contributed by atoms with Gasteiger partial charge in [0, 0.05) is 18.5 Å². The number of rotatable bonds is 5. The number of alkyl carbamates (subject to hydrolysis) is 1. The Balaban J connectivity index is 1.32. The van der Waals surface area contributed by atoms with E-state index in [1.54, 1.807) is 33.0 Å². The lowest BCUT2D eigenvalue weighted by Crippen LogP contribution is -2.56. The zero-order valence-electron chi connectivity index (χ0n) is 28.1. The summed E-state index contributed by atoms with van der Waals surface area (Å²) in [5.41, 5.74) is -1.40. The van der Waals surface area contributed by atoms with Crippen molar-refractivity contribution in [2.45, 2.75) is 95.0 Å². The summed E-state index contributed by atoms with van der Waals surface area (Å²) < 4.78 is 17.1. The van der Waals surface area contributed by atoms with E-state index < -0.39 is 53.2 Å². The van der Waals surface area contributed by atoms with E-state index in [2.05, 4.69) is 20.6 Å². The molecule has 5 heterocycles. The van der Waals surface area contributed by atoms with Crippen molar-refractivity contribution in [3.63, 3.8) is 0 Å². The standard InChI is InChI=1S/C35H42N6O7S/c1-34(2,3)48-33(45)37-25-14-9-7-5-6-8-12-21-19-35(21,32(44)46-4)40-28(42)26-18-22(20-41(26)31(25)43)47-29-23-15-17-49-30(23)39-27(38-29)24-13-10-11-16-36-24/h8,10-13,15-17,21-22,25-26H,5-7,9,14,18-20H2,1-4H3,(H,37,45)(H,40,42)/b12-8-/t21-,22+,25-,26-,35+/m0/s1. The Labute approximate surface area is 288 Å². The van der Waals surface area contributed by atoms with Gasteiger partial charge in [-0.25, -0.2) is 14.6 Å². The van der Waals surface area contributed by atoms with E-state index >= 15 is 0 Å². The van der Waals surface area contributed by atoms with Gasteiger partial charge in [-0.05, 0) is 70.0 Å². The Morgan fingerprint density at radius 3 is 2.71 bits per heavy atom. The summed E-state index contributed by atoms with van der Waals surface area (Å²) in [6.07, 6.45) is 8.35. The van der Waals surface area contributed by atoms with Crippen LogP contribution in [0.4, 0.5) is 4.79 Å². The summed E-state index contributed by atoms with van der Waals surface area (Å²) in [6, 6.07) is 5.40. The van der Waals surface area contributed by atoms with E-state index in [0.29, 0.717) is 46.9 Å². The van der Waals surface area contributed by atoms with Crippen LogP contribution in [0, 0.1) is 5.92 Å². The number of esters is 1. The number of carbonyl (C=O) groups excluding carboxylic acids is 4. The zero-order chi connectivity index (χ0) is 34.8. The number of fused-ring (bicyclic) bond motifs is 3. The predicted octanol–water partition coefficient (Wildman–Crippen LogP) is 4.56. The third-order valence-electron chi connectivity index (χ3n) is 8.94. The molecule has 0 bridgehead atoms. The molecule has 1 aliphatic carbocycles. The molecule has 13 nitrogen and oxygen atoms in total. The Morgan fingerprint density at radius 1 is 1.12 bits per heavy atom. The minimum atomic E-state index is -1.21. The summed E-state index contributed by atoms with van der Waals surface area (Å²) in [5, 5.41) is 8.31. The van der Waals surface area contributed by atoms with Crippen molar-refractivity contribution >= 4 is 45.4 Å². The molecule has 14 heteroatoms. The zero-order valence-corrected chi connectivity index (χ0v) is 29.0. The number of methoxy groups -OCH3 is 1. The average Bonchev–Trinajstić information content (AvgIpc) is 3.36. The number of aromatic nitrogens is 3. The predicted molar refractivity (Wildman–Crippen MR) is 182 cm³/mol. The van der Waals surface area contributed by atoms with Crippen molar-refractivity contribution in [3.05, 3.63) is 48.0 Å². The van der Waals surface area contributed by atoms with Crippen molar-refractivity contribution < 1.29 is 33.4 Å². The van der Waals surface area contributed by atoms with Crippen LogP contribution in [0.3, 0.4) is 0 Å². The number of allylic oxidation sites excluding steroid dienone is 1. The highest BCUT2D eigenvalue weighted by Crippen LogP contribution is 2.46. The van der Waals surface area contributed by atoms with E-state index in [0.717, 1.165) is 19.3 Å². The number of hydrogen-bond donors (Lipinski definition) is 2. The van der Waals surface area contributed by atoms with Crippen LogP contribution < -0.4 is 15.4 Å². The molecular formula is C35H42N6O7S. The fourth-order valence-corrected chi connectivity index (χ4v) is 7.21. The summed E-state index contributed by atoms with van der Waals surface area (Å²) in [7, 11) is 1.30. The Kier molecular flexibility index (Phi) is 9.87. The van der Waals surface area contributed by atoms with Gasteiger partial charge in [0.2, 0.25) is 17.7 Å². The van der Waals surface area contributed by atoms with Crippen LogP contribution in [0.5, 0.6) is 5.88 Å². The number of nitrogens with one attached hydrogen (secondary N) is 2. The molecule has 6 rings (SSSR count). The number of ether oxygens (including phenoxy) is 3. The molecule has 0 spiro atoms. The average molecular weight is 691 g/mol. The first-order valence-electron chi connectivity index (χ1n) is 16.7. The van der Waals surface area contributed by atoms with Crippen molar-refractivity contribution in [2.75, 3.05) is 13.7 Å². The first-order valence-corrected chi connectivity index (χ1v) is 17.6. The lowest BCUT2D eigenvalue weighted by Gasteiger charge is -2.30. The molecule has 0 unspecified atom stereocenters. The van der Waals surface area contributed by atoms with Crippen molar-refractivity contribution in [3.8, 4) is 17.4 Å². The van der Waals surface area contributed by atoms with Gasteiger partial charge < -0.3 is 29.7 Å². The topological polar surface area (TPSA) is 162 Å². The molecule has 2 aliphatic heterocycles. The largest absolute Gasteiger partial charge is 0.472 e. The van der Waals surface area contributed by atoms with Gasteiger partial charge in [0.1, 0.15) is 39.9 Å². The van der Waals surface area contributed by atoms with Gasteiger partial charge >= 0.3 is 12.1 Å². The lowest BCUT2D eigenvalue weighted by atomic mass is 10.0. The monoisotopic (exact) mass is 690 g/mol. The second-order valence-electron chi connectivity index (χ2n) is 13.7. The molecule has 3 aromatic heterocycles. The maximum absolute atomic E-state index is 14.4. The number of thiophene rings is 1. The van der Waals surface area contributed by atoms with Crippen molar-refractivity contribution in [1.29, 1.82) is 0 Å². The van der Waals surface area contributed by atoms with Gasteiger partial charge in [-0.2, -0.15) is 4.98 Å². The van der Waals surface area contributed by atoms with E-state index in [1.165, 1.54) is 23.3 Å². The van der Waals surface area contributed by atoms with E-state index in [-0.39, 0.29) is 18.9 Å². The molecule has 49 heavy (non-hydrogen) atoms. The molecule has 3 aromatic rings. The van der Waals surface area contributed by atoms with Crippen LogP contribution in [-0.2, 0) is 23.9 Å². The highest BCUT2D eigenvalue weighted by molar-refractivity contribution is 7.16. The third-order valence-corrected chi connectivity index (χ3v) is 9.75. The molecule has 0 aromatic carbocycles. The first kappa shape index (κ1) is 34.3. The number of pyridine rings is 1. The fraction of sp³-hybridized carbons (Fsp3) is 0.514. The van der Waals surface area contributed by atoms with Crippen LogP contribution in [0.2, 0.25) is 0 Å². The SMILES string of the molecule is COC(=O)[C@@]12C[C@@H]1/C=C\CCCCC[C@H](NC(=O)OC(C)(C)C)C(=O)N1C[C@H](Oc3nc(-c4ccccn4)nc4sccc34)C[C@H]1C(=O)N2. The molecule has 1 saturated carbocycles. The number of amides is 3. The van der Waals surface area contributed by atoms with Crippen LogP contribution >= 0.6 is 11.3 Å². The fourth-order valence-electron chi connectivity index (χ4n) is 6.45.